The van der Waals surface area contributed by atoms with Gasteiger partial charge < -0.3 is 31.5 Å². The van der Waals surface area contributed by atoms with E-state index in [1.165, 1.54) is 72.8 Å². The minimum absolute atomic E-state index is 0.00732. The molecule has 0 saturated heterocycles. The molecule has 0 atom stereocenters. The largest absolute Gasteiger partial charge is 0.507 e. The lowest BCUT2D eigenvalue weighted by Crippen LogP contribution is -2.21. The van der Waals surface area contributed by atoms with Gasteiger partial charge in [0.1, 0.15) is 21.3 Å². The van der Waals surface area contributed by atoms with Crippen LogP contribution >= 0.6 is 0 Å². The molecule has 0 aliphatic rings. The van der Waals surface area contributed by atoms with E-state index < -0.39 is 47.9 Å². The topological polar surface area (TPSA) is 249 Å². The standard InChI is InChI=1S/C37H30N4O11S2/c1-19-15-21(35(44)38-23-5-7-25-27(17-23)33(53(47,48)49)13-11-31(25)42)3-9-29(19)40-37(46)41-30-10-4-22(16-20(30)2)36(45)39-24-6-8-26-28(18-24)34(54(50,51)52)14-12-32(26)43/h3-18,42-43H,1-2H3,(H,38,44)(H,39,45)(H2,40,41,46)(H,47,48,49)(H,50,51,52). The number of fused-ring (bicyclic) bond motifs is 2. The number of carbonyl (C=O) groups is 3. The SMILES string of the molecule is Cc1cc(C(=O)Nc2ccc3c(O)ccc(S(=O)(=O)O)c3c2)ccc1NC(=O)Nc1ccc(C(=O)Nc2ccc3c(O)ccc(S(=O)(=O)O)c3c2)cc1C. The molecular formula is C37H30N4O11S2. The van der Waals surface area contributed by atoms with Crippen molar-refractivity contribution in [3.63, 3.8) is 0 Å². The number of urea groups is 1. The highest BCUT2D eigenvalue weighted by Gasteiger charge is 2.19. The maximum absolute atomic E-state index is 13.1. The van der Waals surface area contributed by atoms with Gasteiger partial charge in [0.25, 0.3) is 32.1 Å². The smallest absolute Gasteiger partial charge is 0.323 e. The highest BCUT2D eigenvalue weighted by molar-refractivity contribution is 7.86. The van der Waals surface area contributed by atoms with E-state index in [0.717, 1.165) is 24.3 Å². The van der Waals surface area contributed by atoms with Crippen LogP contribution in [0.3, 0.4) is 0 Å². The third-order valence-electron chi connectivity index (χ3n) is 8.45. The number of aryl methyl sites for hydroxylation is 2. The molecule has 0 aliphatic heterocycles. The van der Waals surface area contributed by atoms with Crippen molar-refractivity contribution in [2.75, 3.05) is 21.3 Å². The molecule has 0 fully saturated rings. The lowest BCUT2D eigenvalue weighted by atomic mass is 10.1. The molecule has 0 saturated carbocycles. The molecule has 6 rings (SSSR count). The van der Waals surface area contributed by atoms with Gasteiger partial charge in [-0.3, -0.25) is 18.7 Å². The van der Waals surface area contributed by atoms with Crippen LogP contribution in [-0.4, -0.2) is 54.0 Å². The number of aromatic hydroxyl groups is 2. The lowest BCUT2D eigenvalue weighted by molar-refractivity contribution is 0.101. The van der Waals surface area contributed by atoms with Crippen LogP contribution in [0.5, 0.6) is 11.5 Å². The van der Waals surface area contributed by atoms with E-state index in [2.05, 4.69) is 21.3 Å². The Kier molecular flexibility index (Phi) is 9.74. The summed E-state index contributed by atoms with van der Waals surface area (Å²) in [6.07, 6.45) is 0. The average Bonchev–Trinajstić information content (AvgIpc) is 3.09. The van der Waals surface area contributed by atoms with E-state index in [-0.39, 0.29) is 55.5 Å². The van der Waals surface area contributed by atoms with E-state index >= 15 is 0 Å². The normalized spacial score (nSPS) is 11.6. The minimum atomic E-state index is -4.62. The second kappa shape index (κ2) is 14.1. The van der Waals surface area contributed by atoms with Crippen LogP contribution in [0.15, 0.2) is 107 Å². The number of hydrogen-bond acceptors (Lipinski definition) is 9. The third-order valence-corrected chi connectivity index (χ3v) is 10.3. The molecule has 0 spiro atoms. The molecule has 0 heterocycles. The fourth-order valence-corrected chi connectivity index (χ4v) is 7.16. The van der Waals surface area contributed by atoms with Gasteiger partial charge in [-0.25, -0.2) is 4.79 Å². The molecule has 0 bridgehead atoms. The Morgan fingerprint density at radius 1 is 0.481 bits per heavy atom. The first-order chi connectivity index (χ1) is 25.4. The first-order valence-corrected chi connectivity index (χ1v) is 18.7. The van der Waals surface area contributed by atoms with E-state index in [0.29, 0.717) is 22.5 Å². The molecule has 0 aromatic heterocycles. The van der Waals surface area contributed by atoms with Crippen LogP contribution in [0, 0.1) is 13.8 Å². The monoisotopic (exact) mass is 770 g/mol. The van der Waals surface area contributed by atoms with Crippen LogP contribution in [0.4, 0.5) is 27.5 Å². The van der Waals surface area contributed by atoms with Crippen molar-refractivity contribution < 1.29 is 50.5 Å². The van der Waals surface area contributed by atoms with Gasteiger partial charge >= 0.3 is 6.03 Å². The number of phenols is 2. The van der Waals surface area contributed by atoms with Gasteiger partial charge in [0.05, 0.1) is 0 Å². The summed E-state index contributed by atoms with van der Waals surface area (Å²) >= 11 is 0. The fourth-order valence-electron chi connectivity index (χ4n) is 5.79. The number of anilines is 4. The Morgan fingerprint density at radius 2 is 0.870 bits per heavy atom. The number of rotatable bonds is 8. The van der Waals surface area contributed by atoms with Gasteiger partial charge in [0, 0.05) is 55.4 Å². The zero-order valence-electron chi connectivity index (χ0n) is 28.2. The van der Waals surface area contributed by atoms with Crippen molar-refractivity contribution >= 4 is 82.4 Å². The fraction of sp³-hybridized carbons (Fsp3) is 0.0541. The Labute approximate surface area is 307 Å². The minimum Gasteiger partial charge on any atom is -0.507 e. The van der Waals surface area contributed by atoms with E-state index in [1.54, 1.807) is 13.8 Å². The molecule has 17 heteroatoms. The highest BCUT2D eigenvalue weighted by Crippen LogP contribution is 2.34. The summed E-state index contributed by atoms with van der Waals surface area (Å²) in [5.74, 6) is -1.52. The summed E-state index contributed by atoms with van der Waals surface area (Å²) in [5, 5.41) is 31.3. The summed E-state index contributed by atoms with van der Waals surface area (Å²) in [6.45, 7) is 3.34. The summed E-state index contributed by atoms with van der Waals surface area (Å²) in [6, 6.07) is 21.2. The Hall–Kier alpha value is -6.53. The molecule has 6 aromatic rings. The second-order valence-electron chi connectivity index (χ2n) is 12.2. The summed E-state index contributed by atoms with van der Waals surface area (Å²) in [5.41, 5.74) is 2.67. The number of hydrogen-bond donors (Lipinski definition) is 8. The predicted molar refractivity (Wildman–Crippen MR) is 202 cm³/mol. The first kappa shape index (κ1) is 37.2. The number of carbonyl (C=O) groups excluding carboxylic acids is 3. The Morgan fingerprint density at radius 3 is 1.22 bits per heavy atom. The van der Waals surface area contributed by atoms with Crippen LogP contribution in [0.2, 0.25) is 0 Å². The number of nitrogens with one attached hydrogen (secondary N) is 4. The van der Waals surface area contributed by atoms with Crippen molar-refractivity contribution in [1.29, 1.82) is 0 Å². The van der Waals surface area contributed by atoms with Gasteiger partial charge in [-0.05, 0) is 122 Å². The van der Waals surface area contributed by atoms with Crippen molar-refractivity contribution in [2.24, 2.45) is 0 Å². The first-order valence-electron chi connectivity index (χ1n) is 15.8. The Bertz CT molecular complexity index is 2600. The maximum Gasteiger partial charge on any atom is 0.323 e. The van der Waals surface area contributed by atoms with Gasteiger partial charge in [-0.15, -0.1) is 0 Å². The van der Waals surface area contributed by atoms with Gasteiger partial charge in [0.2, 0.25) is 0 Å². The van der Waals surface area contributed by atoms with Crippen LogP contribution in [0.1, 0.15) is 31.8 Å². The molecule has 276 valence electrons. The molecule has 6 aromatic carbocycles. The van der Waals surface area contributed by atoms with E-state index in [9.17, 15) is 50.5 Å². The Balaban J connectivity index is 1.11. The molecule has 8 N–H and O–H groups in total. The van der Waals surface area contributed by atoms with E-state index in [1.807, 2.05) is 0 Å². The molecule has 0 radical (unpaired) electrons. The molecule has 0 aliphatic carbocycles. The van der Waals surface area contributed by atoms with Crippen molar-refractivity contribution in [3.05, 3.63) is 119 Å². The van der Waals surface area contributed by atoms with Crippen LogP contribution in [0.25, 0.3) is 21.5 Å². The van der Waals surface area contributed by atoms with Crippen LogP contribution in [-0.2, 0) is 20.2 Å². The molecule has 0 unspecified atom stereocenters. The molecule has 4 amide bonds. The van der Waals surface area contributed by atoms with Crippen molar-refractivity contribution in [2.45, 2.75) is 23.6 Å². The summed E-state index contributed by atoms with van der Waals surface area (Å²) in [4.78, 5) is 38.2. The zero-order valence-corrected chi connectivity index (χ0v) is 29.8. The molecular weight excluding hydrogens is 741 g/mol. The van der Waals surface area contributed by atoms with Crippen molar-refractivity contribution in [1.82, 2.24) is 0 Å². The average molecular weight is 771 g/mol. The van der Waals surface area contributed by atoms with Crippen molar-refractivity contribution in [3.8, 4) is 11.5 Å². The van der Waals surface area contributed by atoms with Gasteiger partial charge in [-0.2, -0.15) is 16.8 Å². The summed E-state index contributed by atoms with van der Waals surface area (Å²) in [7, 11) is -9.24. The van der Waals surface area contributed by atoms with Gasteiger partial charge in [-0.1, -0.05) is 0 Å². The quantitative estimate of drug-likeness (QED) is 0.0760. The van der Waals surface area contributed by atoms with E-state index in [4.69, 9.17) is 0 Å². The maximum atomic E-state index is 13.1. The predicted octanol–water partition coefficient (Wildman–Crippen LogP) is 6.66. The summed E-state index contributed by atoms with van der Waals surface area (Å²) < 4.78 is 66.6. The third kappa shape index (κ3) is 7.79. The second-order valence-corrected chi connectivity index (χ2v) is 15.0. The van der Waals surface area contributed by atoms with Crippen LogP contribution < -0.4 is 21.3 Å². The molecule has 54 heavy (non-hydrogen) atoms. The number of benzene rings is 6. The molecule has 15 nitrogen and oxygen atoms in total. The highest BCUT2D eigenvalue weighted by atomic mass is 32.2. The number of amides is 4. The lowest BCUT2D eigenvalue weighted by Gasteiger charge is -2.14. The number of phenolic OH excluding ortho intramolecular Hbond substituents is 2. The van der Waals surface area contributed by atoms with Gasteiger partial charge in [0.15, 0.2) is 0 Å². The zero-order chi connectivity index (χ0) is 39.1.